The number of para-hydroxylation sites is 2. The maximum absolute atomic E-state index is 13.1. The van der Waals surface area contributed by atoms with Crippen LogP contribution in [-0.2, 0) is 16.1 Å². The van der Waals surface area contributed by atoms with E-state index in [0.29, 0.717) is 33.6 Å². The predicted molar refractivity (Wildman–Crippen MR) is 126 cm³/mol. The fraction of sp³-hybridized carbons (Fsp3) is 0.440. The molecular weight excluding hydrogens is 431 g/mol. The van der Waals surface area contributed by atoms with Crippen LogP contribution in [0.25, 0.3) is 22.4 Å². The molecule has 0 N–H and O–H groups in total. The van der Waals surface area contributed by atoms with Crippen molar-refractivity contribution in [1.82, 2.24) is 9.55 Å². The molecule has 1 aromatic heterocycles. The van der Waals surface area contributed by atoms with Crippen LogP contribution in [0.1, 0.15) is 40.0 Å². The smallest absolute Gasteiger partial charge is 0.326 e. The van der Waals surface area contributed by atoms with Gasteiger partial charge in [-0.2, -0.15) is 0 Å². The van der Waals surface area contributed by atoms with Crippen LogP contribution in [0, 0.1) is 17.8 Å². The maximum atomic E-state index is 13.1. The van der Waals surface area contributed by atoms with Gasteiger partial charge in [0.05, 0.1) is 21.1 Å². The van der Waals surface area contributed by atoms with E-state index in [0.717, 1.165) is 29.4 Å². The molecule has 4 nitrogen and oxygen atoms in total. The molecule has 164 valence electrons. The first kappa shape index (κ1) is 22.2. The van der Waals surface area contributed by atoms with E-state index >= 15 is 0 Å². The molecule has 1 aliphatic rings. The van der Waals surface area contributed by atoms with Gasteiger partial charge in [-0.25, -0.2) is 4.98 Å². The van der Waals surface area contributed by atoms with Gasteiger partial charge in [0.25, 0.3) is 0 Å². The van der Waals surface area contributed by atoms with E-state index in [4.69, 9.17) is 32.9 Å². The minimum Gasteiger partial charge on any atom is -0.461 e. The van der Waals surface area contributed by atoms with Gasteiger partial charge in [0.1, 0.15) is 18.5 Å². The lowest BCUT2D eigenvalue weighted by molar-refractivity contribution is -0.156. The van der Waals surface area contributed by atoms with Crippen LogP contribution in [0.5, 0.6) is 0 Å². The molecule has 0 spiro atoms. The van der Waals surface area contributed by atoms with Crippen LogP contribution in [0.2, 0.25) is 10.0 Å². The minimum atomic E-state index is -0.228. The molecule has 0 radical (unpaired) electrons. The summed E-state index contributed by atoms with van der Waals surface area (Å²) in [6, 6.07) is 13.2. The number of ether oxygens (including phenoxy) is 1. The lowest BCUT2D eigenvalue weighted by Crippen LogP contribution is -2.36. The molecule has 1 heterocycles. The second kappa shape index (κ2) is 9.22. The first-order chi connectivity index (χ1) is 14.8. The van der Waals surface area contributed by atoms with Crippen molar-refractivity contribution in [2.45, 2.75) is 52.7 Å². The normalized spacial score (nSPS) is 21.5. The number of hydrogen-bond donors (Lipinski definition) is 0. The second-order valence-electron chi connectivity index (χ2n) is 8.99. The summed E-state index contributed by atoms with van der Waals surface area (Å²) in [4.78, 5) is 17.8. The Kier molecular flexibility index (Phi) is 6.59. The number of rotatable bonds is 5. The van der Waals surface area contributed by atoms with Gasteiger partial charge < -0.3 is 9.30 Å². The molecule has 31 heavy (non-hydrogen) atoms. The van der Waals surface area contributed by atoms with Gasteiger partial charge in [-0.3, -0.25) is 4.79 Å². The summed E-state index contributed by atoms with van der Waals surface area (Å²) in [5, 5.41) is 0.940. The van der Waals surface area contributed by atoms with E-state index in [9.17, 15) is 4.79 Å². The van der Waals surface area contributed by atoms with Crippen LogP contribution >= 0.6 is 23.2 Å². The van der Waals surface area contributed by atoms with E-state index in [1.807, 2.05) is 34.9 Å². The van der Waals surface area contributed by atoms with E-state index < -0.39 is 0 Å². The van der Waals surface area contributed by atoms with Gasteiger partial charge in [0.15, 0.2) is 0 Å². The molecule has 0 bridgehead atoms. The lowest BCUT2D eigenvalue weighted by Gasteiger charge is -2.36. The highest BCUT2D eigenvalue weighted by Crippen LogP contribution is 2.36. The highest BCUT2D eigenvalue weighted by molar-refractivity contribution is 6.42. The number of nitrogens with zero attached hydrogens (tertiary/aromatic N) is 2. The summed E-state index contributed by atoms with van der Waals surface area (Å²) in [6.45, 7) is 6.77. The first-order valence-electron chi connectivity index (χ1n) is 10.9. The fourth-order valence-corrected chi connectivity index (χ4v) is 4.97. The molecule has 1 aliphatic carbocycles. The molecule has 3 aromatic rings. The topological polar surface area (TPSA) is 44.1 Å². The van der Waals surface area contributed by atoms with Crippen molar-refractivity contribution < 1.29 is 9.53 Å². The van der Waals surface area contributed by atoms with Crippen LogP contribution in [0.3, 0.4) is 0 Å². The van der Waals surface area contributed by atoms with Gasteiger partial charge in [-0.15, -0.1) is 0 Å². The summed E-state index contributed by atoms with van der Waals surface area (Å²) in [5.74, 6) is 1.93. The summed E-state index contributed by atoms with van der Waals surface area (Å²) in [5.41, 5.74) is 2.52. The molecule has 4 rings (SSSR count). The SMILES string of the molecule is CC(C)[C@@H]1CC[C@@H](C)C[C@H]1OC(=O)Cn1c(-c2ccc(Cl)c(Cl)c2)nc2ccccc21. The Morgan fingerprint density at radius 3 is 2.68 bits per heavy atom. The number of halogens is 2. The van der Waals surface area contributed by atoms with Crippen molar-refractivity contribution in [2.24, 2.45) is 17.8 Å². The van der Waals surface area contributed by atoms with Crippen LogP contribution in [-0.4, -0.2) is 21.6 Å². The van der Waals surface area contributed by atoms with Crippen molar-refractivity contribution in [3.63, 3.8) is 0 Å². The Morgan fingerprint density at radius 2 is 1.94 bits per heavy atom. The van der Waals surface area contributed by atoms with Crippen molar-refractivity contribution in [1.29, 1.82) is 0 Å². The molecule has 2 aromatic carbocycles. The number of fused-ring (bicyclic) bond motifs is 1. The number of aromatic nitrogens is 2. The Bertz CT molecular complexity index is 1090. The number of carbonyl (C=O) groups excluding carboxylic acids is 1. The number of imidazole rings is 1. The van der Waals surface area contributed by atoms with Crippen molar-refractivity contribution in [2.75, 3.05) is 0 Å². The molecule has 0 aliphatic heterocycles. The zero-order chi connectivity index (χ0) is 22.1. The Balaban J connectivity index is 1.64. The standard InChI is InChI=1S/C25H28Cl2N2O2/c1-15(2)18-10-8-16(3)12-23(18)31-24(30)14-29-22-7-5-4-6-21(22)28-25(29)17-9-11-19(26)20(27)13-17/h4-7,9,11,13,15-16,18,23H,8,10,12,14H2,1-3H3/t16-,18+,23-/m1/s1. The maximum Gasteiger partial charge on any atom is 0.326 e. The van der Waals surface area contributed by atoms with Crippen molar-refractivity contribution in [3.05, 3.63) is 52.5 Å². The van der Waals surface area contributed by atoms with E-state index in [2.05, 4.69) is 20.8 Å². The van der Waals surface area contributed by atoms with E-state index in [1.165, 1.54) is 6.42 Å². The largest absolute Gasteiger partial charge is 0.461 e. The quantitative estimate of drug-likeness (QED) is 0.386. The Labute approximate surface area is 193 Å². The molecule has 1 saturated carbocycles. The Hall–Kier alpha value is -2.04. The third kappa shape index (κ3) is 4.75. The predicted octanol–water partition coefficient (Wildman–Crippen LogP) is 7.01. The molecule has 3 atom stereocenters. The van der Waals surface area contributed by atoms with Crippen LogP contribution < -0.4 is 0 Å². The summed E-state index contributed by atoms with van der Waals surface area (Å²) < 4.78 is 7.97. The number of carbonyl (C=O) groups is 1. The van der Waals surface area contributed by atoms with Gasteiger partial charge >= 0.3 is 5.97 Å². The van der Waals surface area contributed by atoms with Gasteiger partial charge in [-0.1, -0.05) is 62.5 Å². The molecule has 1 fully saturated rings. The van der Waals surface area contributed by atoms with E-state index in [1.54, 1.807) is 12.1 Å². The zero-order valence-electron chi connectivity index (χ0n) is 18.1. The minimum absolute atomic E-state index is 0.0283. The van der Waals surface area contributed by atoms with Crippen LogP contribution in [0.4, 0.5) is 0 Å². The zero-order valence-corrected chi connectivity index (χ0v) is 19.7. The number of hydrogen-bond acceptors (Lipinski definition) is 3. The molecule has 0 amide bonds. The average Bonchev–Trinajstić information content (AvgIpc) is 3.08. The summed E-state index contributed by atoms with van der Waals surface area (Å²) >= 11 is 12.3. The molecule has 0 unspecified atom stereocenters. The highest BCUT2D eigenvalue weighted by atomic mass is 35.5. The Morgan fingerprint density at radius 1 is 1.16 bits per heavy atom. The fourth-order valence-electron chi connectivity index (χ4n) is 4.68. The number of benzene rings is 2. The molecule has 6 heteroatoms. The van der Waals surface area contributed by atoms with Gasteiger partial charge in [0, 0.05) is 5.56 Å². The molecule has 0 saturated heterocycles. The number of esters is 1. The summed E-state index contributed by atoms with van der Waals surface area (Å²) in [6.07, 6.45) is 3.21. The van der Waals surface area contributed by atoms with Gasteiger partial charge in [-0.05, 0) is 60.9 Å². The first-order valence-corrected chi connectivity index (χ1v) is 11.7. The van der Waals surface area contributed by atoms with Crippen molar-refractivity contribution >= 4 is 40.2 Å². The van der Waals surface area contributed by atoms with Crippen LogP contribution in [0.15, 0.2) is 42.5 Å². The monoisotopic (exact) mass is 458 g/mol. The van der Waals surface area contributed by atoms with Crippen molar-refractivity contribution in [3.8, 4) is 11.4 Å². The third-order valence-electron chi connectivity index (χ3n) is 6.36. The average molecular weight is 459 g/mol. The van der Waals surface area contributed by atoms with E-state index in [-0.39, 0.29) is 18.6 Å². The van der Waals surface area contributed by atoms with Gasteiger partial charge in [0.2, 0.25) is 0 Å². The second-order valence-corrected chi connectivity index (χ2v) is 9.81. The third-order valence-corrected chi connectivity index (χ3v) is 7.10. The lowest BCUT2D eigenvalue weighted by atomic mass is 9.75. The molecular formula is C25H28Cl2N2O2. The summed E-state index contributed by atoms with van der Waals surface area (Å²) in [7, 11) is 0. The highest BCUT2D eigenvalue weighted by Gasteiger charge is 2.33.